The molecule has 0 bridgehead atoms. The van der Waals surface area contributed by atoms with Gasteiger partial charge in [0.05, 0.1) is 12.3 Å². The lowest BCUT2D eigenvalue weighted by Gasteiger charge is -2.27. The molecule has 1 aromatic heterocycles. The second-order valence-electron chi connectivity index (χ2n) is 4.69. The van der Waals surface area contributed by atoms with Crippen molar-refractivity contribution in [2.45, 2.75) is 45.3 Å². The Hall–Kier alpha value is -1.09. The monoisotopic (exact) mass is 220 g/mol. The van der Waals surface area contributed by atoms with E-state index in [9.17, 15) is 0 Å². The fourth-order valence-corrected chi connectivity index (χ4v) is 2.21. The summed E-state index contributed by atoms with van der Waals surface area (Å²) < 4.78 is 5.98. The van der Waals surface area contributed by atoms with Gasteiger partial charge in [-0.3, -0.25) is 4.98 Å². The van der Waals surface area contributed by atoms with Gasteiger partial charge in [-0.15, -0.1) is 0 Å². The predicted octanol–water partition coefficient (Wildman–Crippen LogP) is 2.50. The molecule has 1 aliphatic carbocycles. The average Bonchev–Trinajstić information content (AvgIpc) is 2.33. The van der Waals surface area contributed by atoms with Crippen molar-refractivity contribution < 1.29 is 4.74 Å². The molecule has 2 rings (SSSR count). The van der Waals surface area contributed by atoms with E-state index in [0.717, 1.165) is 30.1 Å². The second-order valence-corrected chi connectivity index (χ2v) is 4.69. The van der Waals surface area contributed by atoms with Crippen LogP contribution in [0.2, 0.25) is 0 Å². The first kappa shape index (κ1) is 11.4. The molecule has 0 spiro atoms. The molecule has 1 aromatic rings. The molecule has 16 heavy (non-hydrogen) atoms. The van der Waals surface area contributed by atoms with Crippen molar-refractivity contribution in [3.8, 4) is 5.75 Å². The van der Waals surface area contributed by atoms with E-state index in [1.54, 1.807) is 12.4 Å². The van der Waals surface area contributed by atoms with Crippen molar-refractivity contribution in [1.82, 2.24) is 4.98 Å². The summed E-state index contributed by atoms with van der Waals surface area (Å²) in [4.78, 5) is 4.09. The molecular weight excluding hydrogens is 200 g/mol. The van der Waals surface area contributed by atoms with E-state index in [1.807, 2.05) is 6.07 Å². The number of ether oxygens (including phenoxy) is 1. The highest BCUT2D eigenvalue weighted by atomic mass is 16.5. The smallest absolute Gasteiger partial charge is 0.142 e. The number of aromatic nitrogens is 1. The third kappa shape index (κ3) is 2.73. The molecule has 3 heteroatoms. The molecule has 1 fully saturated rings. The SMILES string of the molecule is CC1CCC(Oc2cnccc2CN)CC1. The zero-order valence-electron chi connectivity index (χ0n) is 9.86. The molecule has 0 amide bonds. The third-order valence-electron chi connectivity index (χ3n) is 3.35. The number of rotatable bonds is 3. The molecule has 1 aliphatic rings. The number of nitrogens with zero attached hydrogens (tertiary/aromatic N) is 1. The minimum Gasteiger partial charge on any atom is -0.488 e. The molecule has 2 N–H and O–H groups in total. The zero-order chi connectivity index (χ0) is 11.4. The highest BCUT2D eigenvalue weighted by Gasteiger charge is 2.20. The molecule has 0 radical (unpaired) electrons. The van der Waals surface area contributed by atoms with Crippen molar-refractivity contribution in [2.24, 2.45) is 11.7 Å². The van der Waals surface area contributed by atoms with E-state index in [2.05, 4.69) is 11.9 Å². The van der Waals surface area contributed by atoms with Crippen LogP contribution in [0.25, 0.3) is 0 Å². The van der Waals surface area contributed by atoms with Crippen molar-refractivity contribution in [3.63, 3.8) is 0 Å². The van der Waals surface area contributed by atoms with Crippen LogP contribution in [0.4, 0.5) is 0 Å². The largest absolute Gasteiger partial charge is 0.488 e. The molecule has 0 aromatic carbocycles. The van der Waals surface area contributed by atoms with Gasteiger partial charge in [0.25, 0.3) is 0 Å². The Balaban J connectivity index is 1.98. The third-order valence-corrected chi connectivity index (χ3v) is 3.35. The van der Waals surface area contributed by atoms with Gasteiger partial charge in [0.2, 0.25) is 0 Å². The fraction of sp³-hybridized carbons (Fsp3) is 0.615. The summed E-state index contributed by atoms with van der Waals surface area (Å²) in [7, 11) is 0. The van der Waals surface area contributed by atoms with E-state index in [4.69, 9.17) is 10.5 Å². The first-order valence-electron chi connectivity index (χ1n) is 6.09. The van der Waals surface area contributed by atoms with Gasteiger partial charge in [-0.2, -0.15) is 0 Å². The van der Waals surface area contributed by atoms with Crippen molar-refractivity contribution in [1.29, 1.82) is 0 Å². The van der Waals surface area contributed by atoms with Crippen LogP contribution in [0.15, 0.2) is 18.5 Å². The lowest BCUT2D eigenvalue weighted by atomic mass is 9.89. The molecular formula is C13H20N2O. The maximum Gasteiger partial charge on any atom is 0.142 e. The van der Waals surface area contributed by atoms with E-state index in [-0.39, 0.29) is 0 Å². The first-order chi connectivity index (χ1) is 7.79. The van der Waals surface area contributed by atoms with Crippen LogP contribution in [0, 0.1) is 5.92 Å². The molecule has 88 valence electrons. The quantitative estimate of drug-likeness (QED) is 0.851. The van der Waals surface area contributed by atoms with Gasteiger partial charge in [-0.25, -0.2) is 0 Å². The van der Waals surface area contributed by atoms with Crippen molar-refractivity contribution >= 4 is 0 Å². The van der Waals surface area contributed by atoms with Gasteiger partial charge < -0.3 is 10.5 Å². The van der Waals surface area contributed by atoms with Crippen molar-refractivity contribution in [2.75, 3.05) is 0 Å². The zero-order valence-corrected chi connectivity index (χ0v) is 9.86. The molecule has 0 saturated heterocycles. The normalized spacial score (nSPS) is 25.4. The van der Waals surface area contributed by atoms with Gasteiger partial charge in [-0.1, -0.05) is 6.92 Å². The topological polar surface area (TPSA) is 48.1 Å². The summed E-state index contributed by atoms with van der Waals surface area (Å²) in [5.41, 5.74) is 6.72. The van der Waals surface area contributed by atoms with Crippen molar-refractivity contribution in [3.05, 3.63) is 24.0 Å². The van der Waals surface area contributed by atoms with E-state index in [1.165, 1.54) is 12.8 Å². The fourth-order valence-electron chi connectivity index (χ4n) is 2.21. The first-order valence-corrected chi connectivity index (χ1v) is 6.09. The maximum absolute atomic E-state index is 5.98. The molecule has 0 atom stereocenters. The van der Waals surface area contributed by atoms with Gasteiger partial charge >= 0.3 is 0 Å². The summed E-state index contributed by atoms with van der Waals surface area (Å²) in [5.74, 6) is 1.72. The minimum atomic E-state index is 0.352. The van der Waals surface area contributed by atoms with E-state index < -0.39 is 0 Å². The van der Waals surface area contributed by atoms with Crippen LogP contribution >= 0.6 is 0 Å². The molecule has 1 heterocycles. The van der Waals surface area contributed by atoms with Crippen LogP contribution in [0.5, 0.6) is 5.75 Å². The van der Waals surface area contributed by atoms with Gasteiger partial charge in [0, 0.05) is 18.3 Å². The summed E-state index contributed by atoms with van der Waals surface area (Å²) in [5, 5.41) is 0. The predicted molar refractivity (Wildman–Crippen MR) is 64.2 cm³/mol. The maximum atomic E-state index is 5.98. The number of hydrogen-bond acceptors (Lipinski definition) is 3. The van der Waals surface area contributed by atoms with Gasteiger partial charge in [0.1, 0.15) is 5.75 Å². The standard InChI is InChI=1S/C13H20N2O/c1-10-2-4-12(5-3-10)16-13-9-15-7-6-11(13)8-14/h6-7,9-10,12H,2-5,8,14H2,1H3. The average molecular weight is 220 g/mol. The number of hydrogen-bond donors (Lipinski definition) is 1. The molecule has 0 unspecified atom stereocenters. The summed E-state index contributed by atoms with van der Waals surface area (Å²) in [6.45, 7) is 2.83. The second kappa shape index (κ2) is 5.30. The number of nitrogens with two attached hydrogens (primary N) is 1. The highest BCUT2D eigenvalue weighted by Crippen LogP contribution is 2.28. The van der Waals surface area contributed by atoms with Crippen LogP contribution in [-0.4, -0.2) is 11.1 Å². The Morgan fingerprint density at radius 3 is 2.81 bits per heavy atom. The van der Waals surface area contributed by atoms with Gasteiger partial charge in [0.15, 0.2) is 0 Å². The molecule has 1 saturated carbocycles. The summed E-state index contributed by atoms with van der Waals surface area (Å²) in [6, 6.07) is 1.93. The number of pyridine rings is 1. The Morgan fingerprint density at radius 2 is 2.12 bits per heavy atom. The Bertz CT molecular complexity index is 332. The van der Waals surface area contributed by atoms with Crippen LogP contribution in [-0.2, 0) is 6.54 Å². The van der Waals surface area contributed by atoms with Crippen LogP contribution in [0.3, 0.4) is 0 Å². The minimum absolute atomic E-state index is 0.352. The Labute approximate surface area is 97.0 Å². The van der Waals surface area contributed by atoms with Crippen LogP contribution in [0.1, 0.15) is 38.2 Å². The Morgan fingerprint density at radius 1 is 1.38 bits per heavy atom. The Kier molecular flexibility index (Phi) is 3.78. The molecule has 0 aliphatic heterocycles. The van der Waals surface area contributed by atoms with E-state index >= 15 is 0 Å². The summed E-state index contributed by atoms with van der Waals surface area (Å²) >= 11 is 0. The lowest BCUT2D eigenvalue weighted by molar-refractivity contribution is 0.134. The summed E-state index contributed by atoms with van der Waals surface area (Å²) in [6.07, 6.45) is 8.73. The lowest BCUT2D eigenvalue weighted by Crippen LogP contribution is -2.23. The highest BCUT2D eigenvalue weighted by molar-refractivity contribution is 5.29. The molecule has 3 nitrogen and oxygen atoms in total. The van der Waals surface area contributed by atoms with Crippen LogP contribution < -0.4 is 10.5 Å². The van der Waals surface area contributed by atoms with E-state index in [0.29, 0.717) is 12.6 Å². The van der Waals surface area contributed by atoms with Gasteiger partial charge in [-0.05, 0) is 37.7 Å².